The molecular weight excluding hydrogens is 324 g/mol. The Morgan fingerprint density at radius 2 is 2.25 bits per heavy atom. The topological polar surface area (TPSA) is 38.3 Å². The summed E-state index contributed by atoms with van der Waals surface area (Å²) in [5, 5.41) is 2.90. The minimum Gasteiger partial charge on any atom is -0.462 e. The first-order chi connectivity index (χ1) is 7.49. The van der Waals surface area contributed by atoms with Gasteiger partial charge in [-0.05, 0) is 54.6 Å². The molecule has 3 nitrogen and oxygen atoms in total. The Kier molecular flexibility index (Phi) is 4.98. The summed E-state index contributed by atoms with van der Waals surface area (Å²) in [4.78, 5) is 11.2. The summed E-state index contributed by atoms with van der Waals surface area (Å²) in [6.07, 6.45) is -0.124. The number of rotatable bonds is 4. The van der Waals surface area contributed by atoms with Gasteiger partial charge in [-0.15, -0.1) is 0 Å². The second-order valence-electron chi connectivity index (χ2n) is 3.52. The lowest BCUT2D eigenvalue weighted by molar-refractivity contribution is -0.145. The summed E-state index contributed by atoms with van der Waals surface area (Å²) < 4.78 is 18.5. The Bertz CT molecular complexity index is 382. The van der Waals surface area contributed by atoms with Crippen molar-refractivity contribution in [3.05, 3.63) is 27.6 Å². The number of halogens is 2. The molecule has 0 heterocycles. The van der Waals surface area contributed by atoms with E-state index in [1.165, 1.54) is 12.1 Å². The average Bonchev–Trinajstić information content (AvgIpc) is 2.15. The molecule has 0 radical (unpaired) electrons. The Morgan fingerprint density at radius 1 is 1.56 bits per heavy atom. The van der Waals surface area contributed by atoms with Crippen LogP contribution in [0.25, 0.3) is 0 Å². The van der Waals surface area contributed by atoms with Gasteiger partial charge in [-0.1, -0.05) is 0 Å². The predicted molar refractivity (Wildman–Crippen MR) is 68.8 cm³/mol. The molecule has 0 saturated heterocycles. The minimum atomic E-state index is -0.324. The fourth-order valence-electron chi connectivity index (χ4n) is 1.10. The normalized spacial score (nSPS) is 10.3. The van der Waals surface area contributed by atoms with Crippen molar-refractivity contribution in [3.8, 4) is 0 Å². The van der Waals surface area contributed by atoms with Gasteiger partial charge in [0.05, 0.1) is 6.10 Å². The third-order valence-corrected chi connectivity index (χ3v) is 2.61. The molecule has 16 heavy (non-hydrogen) atoms. The van der Waals surface area contributed by atoms with Gasteiger partial charge in [-0.2, -0.15) is 0 Å². The average molecular weight is 337 g/mol. The Labute approximate surface area is 108 Å². The van der Waals surface area contributed by atoms with E-state index < -0.39 is 0 Å². The van der Waals surface area contributed by atoms with Gasteiger partial charge in [0.1, 0.15) is 12.4 Å². The van der Waals surface area contributed by atoms with E-state index in [9.17, 15) is 9.18 Å². The van der Waals surface area contributed by atoms with Crippen molar-refractivity contribution in [2.24, 2.45) is 0 Å². The highest BCUT2D eigenvalue weighted by atomic mass is 127. The van der Waals surface area contributed by atoms with Crippen LogP contribution in [0.1, 0.15) is 13.8 Å². The maximum absolute atomic E-state index is 12.8. The molecule has 0 aromatic heterocycles. The zero-order valence-electron chi connectivity index (χ0n) is 9.09. The molecule has 0 fully saturated rings. The Hall–Kier alpha value is -0.850. The van der Waals surface area contributed by atoms with Crippen LogP contribution in [0.15, 0.2) is 18.2 Å². The van der Waals surface area contributed by atoms with Gasteiger partial charge in [0.25, 0.3) is 0 Å². The smallest absolute Gasteiger partial charge is 0.325 e. The van der Waals surface area contributed by atoms with Crippen LogP contribution in [0.3, 0.4) is 0 Å². The second-order valence-corrected chi connectivity index (χ2v) is 4.68. The van der Waals surface area contributed by atoms with Crippen molar-refractivity contribution >= 4 is 34.2 Å². The molecule has 1 N–H and O–H groups in total. The van der Waals surface area contributed by atoms with Crippen molar-refractivity contribution in [3.63, 3.8) is 0 Å². The molecule has 0 spiro atoms. The summed E-state index contributed by atoms with van der Waals surface area (Å²) in [6.45, 7) is 3.67. The molecule has 0 amide bonds. The third kappa shape index (κ3) is 4.34. The molecule has 0 atom stereocenters. The summed E-state index contributed by atoms with van der Waals surface area (Å²) >= 11 is 2.00. The van der Waals surface area contributed by atoms with Gasteiger partial charge in [-0.25, -0.2) is 4.39 Å². The maximum Gasteiger partial charge on any atom is 0.325 e. The molecule has 0 bridgehead atoms. The third-order valence-electron chi connectivity index (χ3n) is 1.72. The van der Waals surface area contributed by atoms with Gasteiger partial charge in [0.2, 0.25) is 0 Å². The lowest BCUT2D eigenvalue weighted by Gasteiger charge is -2.10. The number of carbonyl (C=O) groups excluding carboxylic acids is 1. The van der Waals surface area contributed by atoms with Crippen molar-refractivity contribution in [2.45, 2.75) is 20.0 Å². The van der Waals surface area contributed by atoms with Gasteiger partial charge in [0, 0.05) is 9.26 Å². The molecule has 88 valence electrons. The summed E-state index contributed by atoms with van der Waals surface area (Å²) in [5.41, 5.74) is 0.725. The van der Waals surface area contributed by atoms with E-state index in [-0.39, 0.29) is 24.4 Å². The van der Waals surface area contributed by atoms with E-state index in [2.05, 4.69) is 5.32 Å². The fourth-order valence-corrected chi connectivity index (χ4v) is 1.77. The van der Waals surface area contributed by atoms with E-state index in [4.69, 9.17) is 4.74 Å². The lowest BCUT2D eigenvalue weighted by Crippen LogP contribution is -2.20. The minimum absolute atomic E-state index is 0.0831. The number of esters is 1. The van der Waals surface area contributed by atoms with Crippen LogP contribution >= 0.6 is 22.6 Å². The van der Waals surface area contributed by atoms with Gasteiger partial charge < -0.3 is 10.1 Å². The second kappa shape index (κ2) is 6.03. The highest BCUT2D eigenvalue weighted by Gasteiger charge is 2.06. The molecular formula is C11H13FINO2. The lowest BCUT2D eigenvalue weighted by atomic mass is 10.3. The van der Waals surface area contributed by atoms with E-state index in [1.807, 2.05) is 22.6 Å². The first-order valence-corrected chi connectivity index (χ1v) is 5.95. The molecule has 0 aliphatic heterocycles. The molecule has 0 aliphatic rings. The number of anilines is 1. The monoisotopic (exact) mass is 337 g/mol. The maximum atomic E-state index is 12.8. The first kappa shape index (κ1) is 13.2. The van der Waals surface area contributed by atoms with Crippen molar-refractivity contribution in [2.75, 3.05) is 11.9 Å². The standard InChI is InChI=1S/C11H13FINO2/c1-7(2)16-11(15)6-14-10-4-3-8(12)5-9(10)13/h3-5,7,14H,6H2,1-2H3. The number of benzene rings is 1. The van der Waals surface area contributed by atoms with Crippen LogP contribution in [0.4, 0.5) is 10.1 Å². The van der Waals surface area contributed by atoms with E-state index in [1.54, 1.807) is 19.9 Å². The number of hydrogen-bond acceptors (Lipinski definition) is 3. The van der Waals surface area contributed by atoms with E-state index >= 15 is 0 Å². The number of hydrogen-bond donors (Lipinski definition) is 1. The zero-order valence-corrected chi connectivity index (χ0v) is 11.2. The SMILES string of the molecule is CC(C)OC(=O)CNc1ccc(F)cc1I. The van der Waals surface area contributed by atoms with Crippen LogP contribution < -0.4 is 5.32 Å². The Balaban J connectivity index is 2.51. The summed E-state index contributed by atoms with van der Waals surface area (Å²) in [6, 6.07) is 4.34. The van der Waals surface area contributed by atoms with Crippen LogP contribution in [0.5, 0.6) is 0 Å². The van der Waals surface area contributed by atoms with Crippen LogP contribution in [0.2, 0.25) is 0 Å². The molecule has 5 heteroatoms. The quantitative estimate of drug-likeness (QED) is 0.678. The molecule has 1 aromatic carbocycles. The zero-order chi connectivity index (χ0) is 12.1. The number of carbonyl (C=O) groups is 1. The highest BCUT2D eigenvalue weighted by Crippen LogP contribution is 2.18. The first-order valence-electron chi connectivity index (χ1n) is 4.87. The predicted octanol–water partition coefficient (Wildman–Crippen LogP) is 2.79. The van der Waals surface area contributed by atoms with Crippen LogP contribution in [0, 0.1) is 9.39 Å². The van der Waals surface area contributed by atoms with Gasteiger partial charge in [0.15, 0.2) is 0 Å². The molecule has 1 aromatic rings. The largest absolute Gasteiger partial charge is 0.462 e. The van der Waals surface area contributed by atoms with Crippen LogP contribution in [-0.2, 0) is 9.53 Å². The van der Waals surface area contributed by atoms with Crippen molar-refractivity contribution < 1.29 is 13.9 Å². The summed E-state index contributed by atoms with van der Waals surface area (Å²) in [5.74, 6) is -0.616. The van der Waals surface area contributed by atoms with Gasteiger partial charge in [-0.3, -0.25) is 4.79 Å². The molecule has 0 aliphatic carbocycles. The fraction of sp³-hybridized carbons (Fsp3) is 0.364. The molecule has 0 unspecified atom stereocenters. The van der Waals surface area contributed by atoms with Gasteiger partial charge >= 0.3 is 5.97 Å². The van der Waals surface area contributed by atoms with Crippen LogP contribution in [-0.4, -0.2) is 18.6 Å². The number of nitrogens with one attached hydrogen (secondary N) is 1. The summed E-state index contributed by atoms with van der Waals surface area (Å²) in [7, 11) is 0. The van der Waals surface area contributed by atoms with E-state index in [0.717, 1.165) is 9.26 Å². The van der Waals surface area contributed by atoms with Crippen molar-refractivity contribution in [1.82, 2.24) is 0 Å². The van der Waals surface area contributed by atoms with Crippen molar-refractivity contribution in [1.29, 1.82) is 0 Å². The Morgan fingerprint density at radius 3 is 2.81 bits per heavy atom. The number of ether oxygens (including phenoxy) is 1. The van der Waals surface area contributed by atoms with E-state index in [0.29, 0.717) is 0 Å². The highest BCUT2D eigenvalue weighted by molar-refractivity contribution is 14.1. The molecule has 1 rings (SSSR count). The molecule has 0 saturated carbocycles.